The third kappa shape index (κ3) is 4.53. The molecule has 1 nitrogen and oxygen atoms in total. The molecular weight excluding hydrogens is 329 g/mol. The zero-order valence-electron chi connectivity index (χ0n) is 13.3. The summed E-state index contributed by atoms with van der Waals surface area (Å²) in [6.07, 6.45) is 4.76. The average molecular weight is 356 g/mol. The van der Waals surface area contributed by atoms with Crippen LogP contribution in [-0.4, -0.2) is 6.54 Å². The molecule has 0 radical (unpaired) electrons. The summed E-state index contributed by atoms with van der Waals surface area (Å²) in [5.74, 6) is 1.91. The van der Waals surface area contributed by atoms with Crippen molar-refractivity contribution in [3.63, 3.8) is 0 Å². The van der Waals surface area contributed by atoms with E-state index in [1.807, 2.05) is 6.07 Å². The first-order valence-corrected chi connectivity index (χ1v) is 8.98. The van der Waals surface area contributed by atoms with Crippen LogP contribution < -0.4 is 5.32 Å². The van der Waals surface area contributed by atoms with E-state index in [1.165, 1.54) is 19.3 Å². The van der Waals surface area contributed by atoms with E-state index in [-0.39, 0.29) is 11.9 Å². The van der Waals surface area contributed by atoms with Crippen molar-refractivity contribution in [1.29, 1.82) is 0 Å². The Hall–Kier alpha value is -0.410. The summed E-state index contributed by atoms with van der Waals surface area (Å²) in [4.78, 5) is 0. The molecule has 1 saturated carbocycles. The van der Waals surface area contributed by atoms with Crippen LogP contribution in [0.3, 0.4) is 0 Å². The maximum atomic E-state index is 14.3. The quantitative estimate of drug-likeness (QED) is 0.713. The standard InChI is InChI=1S/C18H27BrFN/c1-4-7-21-18(14-9-12(2)8-13(3)10-14)16-11-15(19)5-6-17(16)20/h5-6,11-14,18,21H,4,7-10H2,1-3H3. The molecule has 118 valence electrons. The predicted molar refractivity (Wildman–Crippen MR) is 90.8 cm³/mol. The van der Waals surface area contributed by atoms with Crippen molar-refractivity contribution in [2.75, 3.05) is 6.54 Å². The van der Waals surface area contributed by atoms with E-state index in [4.69, 9.17) is 0 Å². The van der Waals surface area contributed by atoms with Crippen LogP contribution in [0.25, 0.3) is 0 Å². The molecule has 1 fully saturated rings. The van der Waals surface area contributed by atoms with E-state index in [9.17, 15) is 4.39 Å². The second-order valence-electron chi connectivity index (χ2n) is 6.78. The molecule has 1 aliphatic carbocycles. The van der Waals surface area contributed by atoms with Gasteiger partial charge in [-0.3, -0.25) is 0 Å². The molecule has 0 spiro atoms. The van der Waals surface area contributed by atoms with Crippen LogP contribution >= 0.6 is 15.9 Å². The summed E-state index contributed by atoms with van der Waals surface area (Å²) in [6.45, 7) is 7.76. The maximum Gasteiger partial charge on any atom is 0.128 e. The van der Waals surface area contributed by atoms with E-state index < -0.39 is 0 Å². The van der Waals surface area contributed by atoms with Crippen LogP contribution in [0, 0.1) is 23.6 Å². The van der Waals surface area contributed by atoms with Gasteiger partial charge < -0.3 is 5.32 Å². The van der Waals surface area contributed by atoms with Gasteiger partial charge >= 0.3 is 0 Å². The van der Waals surface area contributed by atoms with Gasteiger partial charge in [0.2, 0.25) is 0 Å². The molecule has 21 heavy (non-hydrogen) atoms. The highest BCUT2D eigenvalue weighted by Gasteiger charge is 2.31. The zero-order valence-corrected chi connectivity index (χ0v) is 14.9. The highest BCUT2D eigenvalue weighted by Crippen LogP contribution is 2.40. The first-order valence-electron chi connectivity index (χ1n) is 8.19. The number of nitrogens with one attached hydrogen (secondary N) is 1. The van der Waals surface area contributed by atoms with Gasteiger partial charge in [-0.1, -0.05) is 36.7 Å². The fourth-order valence-corrected chi connectivity index (χ4v) is 4.24. The fourth-order valence-electron chi connectivity index (χ4n) is 3.86. The Morgan fingerprint density at radius 3 is 2.52 bits per heavy atom. The Balaban J connectivity index is 2.26. The molecule has 3 atom stereocenters. The summed E-state index contributed by atoms with van der Waals surface area (Å²) in [5, 5.41) is 3.60. The minimum Gasteiger partial charge on any atom is -0.310 e. The Kier molecular flexibility index (Phi) is 6.24. The molecule has 0 aliphatic heterocycles. The molecule has 3 heteroatoms. The van der Waals surface area contributed by atoms with Crippen LogP contribution in [0.15, 0.2) is 22.7 Å². The van der Waals surface area contributed by atoms with Crippen molar-refractivity contribution in [2.24, 2.45) is 17.8 Å². The lowest BCUT2D eigenvalue weighted by molar-refractivity contribution is 0.174. The Bertz CT molecular complexity index is 453. The van der Waals surface area contributed by atoms with Crippen LogP contribution in [0.5, 0.6) is 0 Å². The largest absolute Gasteiger partial charge is 0.310 e. The lowest BCUT2D eigenvalue weighted by atomic mass is 9.72. The van der Waals surface area contributed by atoms with Crippen molar-refractivity contribution in [3.05, 3.63) is 34.1 Å². The number of benzene rings is 1. The van der Waals surface area contributed by atoms with Gasteiger partial charge in [0.25, 0.3) is 0 Å². The first kappa shape index (κ1) is 17.0. The van der Waals surface area contributed by atoms with Crippen molar-refractivity contribution in [2.45, 2.75) is 52.5 Å². The van der Waals surface area contributed by atoms with Gasteiger partial charge in [0.15, 0.2) is 0 Å². The predicted octanol–water partition coefficient (Wildman–Crippen LogP) is 5.70. The van der Waals surface area contributed by atoms with E-state index >= 15 is 0 Å². The van der Waals surface area contributed by atoms with Crippen LogP contribution in [0.1, 0.15) is 58.1 Å². The maximum absolute atomic E-state index is 14.3. The van der Waals surface area contributed by atoms with Gasteiger partial charge in [0, 0.05) is 16.1 Å². The van der Waals surface area contributed by atoms with E-state index in [2.05, 4.69) is 42.0 Å². The third-order valence-electron chi connectivity index (χ3n) is 4.59. The van der Waals surface area contributed by atoms with Crippen LogP contribution in [0.2, 0.25) is 0 Å². The molecule has 1 aromatic rings. The molecule has 1 aliphatic rings. The van der Waals surface area contributed by atoms with Gasteiger partial charge in [-0.25, -0.2) is 4.39 Å². The summed E-state index contributed by atoms with van der Waals surface area (Å²) < 4.78 is 15.3. The van der Waals surface area contributed by atoms with Gasteiger partial charge in [-0.2, -0.15) is 0 Å². The van der Waals surface area contributed by atoms with E-state index in [0.29, 0.717) is 5.92 Å². The smallest absolute Gasteiger partial charge is 0.128 e. The first-order chi connectivity index (χ1) is 10.0. The SMILES string of the molecule is CCCNC(c1cc(Br)ccc1F)C1CC(C)CC(C)C1. The normalized spacial score (nSPS) is 27.6. The number of hydrogen-bond acceptors (Lipinski definition) is 1. The Labute approximate surface area is 136 Å². The van der Waals surface area contributed by atoms with E-state index in [1.54, 1.807) is 12.1 Å². The summed E-state index contributed by atoms with van der Waals surface area (Å²) in [6, 6.07) is 5.44. The summed E-state index contributed by atoms with van der Waals surface area (Å²) >= 11 is 3.49. The van der Waals surface area contributed by atoms with Crippen LogP contribution in [-0.2, 0) is 0 Å². The monoisotopic (exact) mass is 355 g/mol. The fraction of sp³-hybridized carbons (Fsp3) is 0.667. The topological polar surface area (TPSA) is 12.0 Å². The summed E-state index contributed by atoms with van der Waals surface area (Å²) in [7, 11) is 0. The lowest BCUT2D eigenvalue weighted by Gasteiger charge is -2.37. The molecule has 1 N–H and O–H groups in total. The molecule has 0 amide bonds. The minimum absolute atomic E-state index is 0.0855. The second-order valence-corrected chi connectivity index (χ2v) is 7.69. The molecule has 0 aromatic heterocycles. The highest BCUT2D eigenvalue weighted by atomic mass is 79.9. The zero-order chi connectivity index (χ0) is 15.4. The number of rotatable bonds is 5. The van der Waals surface area contributed by atoms with Crippen LogP contribution in [0.4, 0.5) is 4.39 Å². The second kappa shape index (κ2) is 7.73. The molecule has 1 aromatic carbocycles. The summed E-state index contributed by atoms with van der Waals surface area (Å²) in [5.41, 5.74) is 0.823. The van der Waals surface area contributed by atoms with Crippen molar-refractivity contribution in [3.8, 4) is 0 Å². The van der Waals surface area contributed by atoms with Gasteiger partial charge in [0.1, 0.15) is 5.82 Å². The molecule has 2 rings (SSSR count). The lowest BCUT2D eigenvalue weighted by Crippen LogP contribution is -2.34. The van der Waals surface area contributed by atoms with Crippen molar-refractivity contribution >= 4 is 15.9 Å². The number of hydrogen-bond donors (Lipinski definition) is 1. The van der Waals surface area contributed by atoms with Gasteiger partial charge in [-0.05, 0) is 68.2 Å². The van der Waals surface area contributed by atoms with Gasteiger partial charge in [-0.15, -0.1) is 0 Å². The van der Waals surface area contributed by atoms with E-state index in [0.717, 1.165) is 34.8 Å². The molecule has 3 unspecified atom stereocenters. The third-order valence-corrected chi connectivity index (χ3v) is 5.09. The Morgan fingerprint density at radius 1 is 1.24 bits per heavy atom. The van der Waals surface area contributed by atoms with Gasteiger partial charge in [0.05, 0.1) is 0 Å². The molecular formula is C18H27BrFN. The molecule has 0 saturated heterocycles. The van der Waals surface area contributed by atoms with Crippen molar-refractivity contribution < 1.29 is 4.39 Å². The Morgan fingerprint density at radius 2 is 1.90 bits per heavy atom. The molecule has 0 heterocycles. The average Bonchev–Trinajstić information content (AvgIpc) is 2.42. The molecule has 0 bridgehead atoms. The number of halogens is 2. The minimum atomic E-state index is -0.0855. The van der Waals surface area contributed by atoms with Crippen molar-refractivity contribution in [1.82, 2.24) is 5.32 Å². The highest BCUT2D eigenvalue weighted by molar-refractivity contribution is 9.10.